The van der Waals surface area contributed by atoms with E-state index in [1.165, 1.54) is 21.9 Å². The van der Waals surface area contributed by atoms with Crippen molar-refractivity contribution in [2.45, 2.75) is 17.7 Å². The number of furan rings is 1. The Labute approximate surface area is 118 Å². The number of hydrogen-bond acceptors (Lipinski definition) is 4. The Morgan fingerprint density at radius 2 is 2.22 bits per heavy atom. The minimum Gasteiger partial charge on any atom is -0.468 e. The Kier molecular flexibility index (Phi) is 4.26. The van der Waals surface area contributed by atoms with Gasteiger partial charge in [0.2, 0.25) is 0 Å². The van der Waals surface area contributed by atoms with E-state index in [1.807, 2.05) is 6.92 Å². The summed E-state index contributed by atoms with van der Waals surface area (Å²) in [5.74, 6) is 0.633. The summed E-state index contributed by atoms with van der Waals surface area (Å²) in [6.07, 6.45) is 1.54. The molecule has 98 valence electrons. The maximum atomic E-state index is 12.4. The molecule has 0 aromatic carbocycles. The SMILES string of the molecule is CCN(Cc1ccco1)S(=O)(=O)c1sccc1Br. The van der Waals surface area contributed by atoms with Crippen LogP contribution in [0.5, 0.6) is 0 Å². The van der Waals surface area contributed by atoms with Crippen molar-refractivity contribution in [1.29, 1.82) is 0 Å². The predicted octanol–water partition coefficient (Wildman–Crippen LogP) is 3.31. The van der Waals surface area contributed by atoms with Gasteiger partial charge in [0.15, 0.2) is 0 Å². The minimum atomic E-state index is -3.47. The molecule has 0 saturated heterocycles. The molecule has 0 aliphatic rings. The van der Waals surface area contributed by atoms with Crippen molar-refractivity contribution in [2.75, 3.05) is 6.54 Å². The number of halogens is 1. The summed E-state index contributed by atoms with van der Waals surface area (Å²) in [5.41, 5.74) is 0. The molecule has 4 nitrogen and oxygen atoms in total. The fraction of sp³-hybridized carbons (Fsp3) is 0.273. The standard InChI is InChI=1S/C11H12BrNO3S2/c1-2-13(8-9-4-3-6-16-9)18(14,15)11-10(12)5-7-17-11/h3-7H,2,8H2,1H3. The van der Waals surface area contributed by atoms with E-state index in [0.29, 0.717) is 21.0 Å². The molecule has 0 radical (unpaired) electrons. The molecule has 0 N–H and O–H groups in total. The highest BCUT2D eigenvalue weighted by Crippen LogP contribution is 2.30. The molecular formula is C11H12BrNO3S2. The third-order valence-corrected chi connectivity index (χ3v) is 6.99. The lowest BCUT2D eigenvalue weighted by atomic mass is 10.4. The first kappa shape index (κ1) is 13.8. The highest BCUT2D eigenvalue weighted by atomic mass is 79.9. The number of hydrogen-bond donors (Lipinski definition) is 0. The van der Waals surface area contributed by atoms with Crippen LogP contribution in [0.25, 0.3) is 0 Å². The van der Waals surface area contributed by atoms with Crippen LogP contribution in [0.3, 0.4) is 0 Å². The Hall–Kier alpha value is -0.630. The highest BCUT2D eigenvalue weighted by molar-refractivity contribution is 9.10. The molecule has 2 aromatic rings. The molecule has 2 heterocycles. The van der Waals surface area contributed by atoms with Gasteiger partial charge in [0.25, 0.3) is 10.0 Å². The van der Waals surface area contributed by atoms with Crippen LogP contribution in [0.2, 0.25) is 0 Å². The zero-order valence-corrected chi connectivity index (χ0v) is 12.9. The van der Waals surface area contributed by atoms with E-state index in [1.54, 1.807) is 23.6 Å². The number of rotatable bonds is 5. The van der Waals surface area contributed by atoms with E-state index in [0.717, 1.165) is 0 Å². The van der Waals surface area contributed by atoms with Gasteiger partial charge in [-0.25, -0.2) is 8.42 Å². The monoisotopic (exact) mass is 349 g/mol. The van der Waals surface area contributed by atoms with Crippen LogP contribution >= 0.6 is 27.3 Å². The Balaban J connectivity index is 2.30. The van der Waals surface area contributed by atoms with Crippen LogP contribution in [0.4, 0.5) is 0 Å². The average molecular weight is 350 g/mol. The average Bonchev–Trinajstić information content (AvgIpc) is 2.96. The third kappa shape index (κ3) is 2.69. The van der Waals surface area contributed by atoms with Crippen LogP contribution in [0, 0.1) is 0 Å². The second-order valence-electron chi connectivity index (χ2n) is 3.57. The number of sulfonamides is 1. The van der Waals surface area contributed by atoms with E-state index in [9.17, 15) is 8.42 Å². The summed E-state index contributed by atoms with van der Waals surface area (Å²) in [6, 6.07) is 5.25. The van der Waals surface area contributed by atoms with Crippen molar-refractivity contribution in [1.82, 2.24) is 4.31 Å². The molecule has 0 bridgehead atoms. The highest BCUT2D eigenvalue weighted by Gasteiger charge is 2.27. The van der Waals surface area contributed by atoms with E-state index >= 15 is 0 Å². The molecule has 18 heavy (non-hydrogen) atoms. The van der Waals surface area contributed by atoms with E-state index in [-0.39, 0.29) is 6.54 Å². The maximum Gasteiger partial charge on any atom is 0.254 e. The summed E-state index contributed by atoms with van der Waals surface area (Å²) in [4.78, 5) is 0. The molecule has 0 fully saturated rings. The molecule has 0 spiro atoms. The number of thiophene rings is 1. The fourth-order valence-corrected chi connectivity index (χ4v) is 5.39. The van der Waals surface area contributed by atoms with Gasteiger partial charge in [0.1, 0.15) is 9.97 Å². The molecule has 0 aliphatic heterocycles. The summed E-state index contributed by atoms with van der Waals surface area (Å²) in [5, 5.41) is 1.75. The summed E-state index contributed by atoms with van der Waals surface area (Å²) < 4.78 is 32.4. The maximum absolute atomic E-state index is 12.4. The van der Waals surface area contributed by atoms with Gasteiger partial charge in [0, 0.05) is 11.0 Å². The summed E-state index contributed by atoms with van der Waals surface area (Å²) in [7, 11) is -3.47. The van der Waals surface area contributed by atoms with Crippen molar-refractivity contribution >= 4 is 37.3 Å². The topological polar surface area (TPSA) is 50.5 Å². The van der Waals surface area contributed by atoms with Gasteiger partial charge in [-0.3, -0.25) is 0 Å². The largest absolute Gasteiger partial charge is 0.468 e. The van der Waals surface area contributed by atoms with Gasteiger partial charge >= 0.3 is 0 Å². The van der Waals surface area contributed by atoms with Gasteiger partial charge in [-0.15, -0.1) is 11.3 Å². The van der Waals surface area contributed by atoms with Crippen LogP contribution in [0.1, 0.15) is 12.7 Å². The van der Waals surface area contributed by atoms with Gasteiger partial charge < -0.3 is 4.42 Å². The molecule has 2 aromatic heterocycles. The molecule has 0 amide bonds. The lowest BCUT2D eigenvalue weighted by molar-refractivity contribution is 0.376. The molecule has 0 unspecified atom stereocenters. The second-order valence-corrected chi connectivity index (χ2v) is 7.47. The van der Waals surface area contributed by atoms with Crippen molar-refractivity contribution in [2.24, 2.45) is 0 Å². The Morgan fingerprint density at radius 1 is 1.44 bits per heavy atom. The molecule has 0 saturated carbocycles. The first-order valence-electron chi connectivity index (χ1n) is 5.31. The zero-order valence-electron chi connectivity index (χ0n) is 9.67. The molecule has 2 rings (SSSR count). The van der Waals surface area contributed by atoms with E-state index in [2.05, 4.69) is 15.9 Å². The smallest absolute Gasteiger partial charge is 0.254 e. The van der Waals surface area contributed by atoms with Crippen LogP contribution in [0.15, 0.2) is 42.9 Å². The van der Waals surface area contributed by atoms with Gasteiger partial charge in [-0.2, -0.15) is 4.31 Å². The van der Waals surface area contributed by atoms with Crippen LogP contribution in [-0.4, -0.2) is 19.3 Å². The molecular weight excluding hydrogens is 338 g/mol. The predicted molar refractivity (Wildman–Crippen MR) is 74.0 cm³/mol. The lowest BCUT2D eigenvalue weighted by Crippen LogP contribution is -2.29. The lowest BCUT2D eigenvalue weighted by Gasteiger charge is -2.18. The van der Waals surface area contributed by atoms with Gasteiger partial charge in [0.05, 0.1) is 12.8 Å². The Bertz CT molecular complexity index is 604. The van der Waals surface area contributed by atoms with E-state index in [4.69, 9.17) is 4.42 Å². The van der Waals surface area contributed by atoms with Crippen molar-refractivity contribution in [3.05, 3.63) is 40.1 Å². The van der Waals surface area contributed by atoms with Crippen molar-refractivity contribution < 1.29 is 12.8 Å². The second kappa shape index (κ2) is 5.56. The summed E-state index contributed by atoms with van der Waals surface area (Å²) >= 11 is 4.46. The summed E-state index contributed by atoms with van der Waals surface area (Å²) in [6.45, 7) is 2.45. The normalized spacial score (nSPS) is 12.2. The molecule has 0 atom stereocenters. The molecule has 7 heteroatoms. The van der Waals surface area contributed by atoms with Crippen molar-refractivity contribution in [3.8, 4) is 0 Å². The van der Waals surface area contributed by atoms with Gasteiger partial charge in [-0.1, -0.05) is 6.92 Å². The van der Waals surface area contributed by atoms with Gasteiger partial charge in [-0.05, 0) is 39.5 Å². The minimum absolute atomic E-state index is 0.246. The van der Waals surface area contributed by atoms with Crippen LogP contribution < -0.4 is 0 Å². The molecule has 0 aliphatic carbocycles. The van der Waals surface area contributed by atoms with E-state index < -0.39 is 10.0 Å². The first-order valence-corrected chi connectivity index (χ1v) is 8.42. The number of nitrogens with zero attached hydrogens (tertiary/aromatic N) is 1. The zero-order chi connectivity index (χ0) is 13.2. The Morgan fingerprint density at radius 3 is 2.72 bits per heavy atom. The first-order chi connectivity index (χ1) is 8.55. The van der Waals surface area contributed by atoms with Crippen molar-refractivity contribution in [3.63, 3.8) is 0 Å². The quantitative estimate of drug-likeness (QED) is 0.831. The van der Waals surface area contributed by atoms with Crippen LogP contribution in [-0.2, 0) is 16.6 Å². The third-order valence-electron chi connectivity index (χ3n) is 2.42. The fourth-order valence-electron chi connectivity index (χ4n) is 1.52.